The van der Waals surface area contributed by atoms with Crippen LogP contribution in [0, 0.1) is 0 Å². The van der Waals surface area contributed by atoms with Crippen LogP contribution in [0.3, 0.4) is 0 Å². The topological polar surface area (TPSA) is 103 Å². The number of ether oxygens (including phenoxy) is 1. The van der Waals surface area contributed by atoms with Crippen molar-refractivity contribution in [2.24, 2.45) is 0 Å². The zero-order chi connectivity index (χ0) is 29.7. The molecule has 0 atom stereocenters. The van der Waals surface area contributed by atoms with E-state index in [0.717, 1.165) is 37.5 Å². The number of nitrogens with one attached hydrogen (secondary N) is 2. The Morgan fingerprint density at radius 2 is 1.79 bits per heavy atom. The summed E-state index contributed by atoms with van der Waals surface area (Å²) in [6.45, 7) is 9.28. The summed E-state index contributed by atoms with van der Waals surface area (Å²) in [4.78, 5) is 16.9. The van der Waals surface area contributed by atoms with Gasteiger partial charge in [-0.3, -0.25) is 4.90 Å². The average Bonchev–Trinajstić information content (AvgIpc) is 3.00. The second kappa shape index (κ2) is 13.7. The van der Waals surface area contributed by atoms with E-state index in [2.05, 4.69) is 70.9 Å². The highest BCUT2D eigenvalue weighted by Crippen LogP contribution is 2.32. The number of nitrogens with zero attached hydrogens (tertiary/aromatic N) is 5. The van der Waals surface area contributed by atoms with Crippen molar-refractivity contribution in [1.29, 1.82) is 0 Å². The fourth-order valence-corrected chi connectivity index (χ4v) is 6.82. The fraction of sp³-hybridized carbons (Fsp3) is 0.467. The number of aromatic nitrogens is 2. The summed E-state index contributed by atoms with van der Waals surface area (Å²) < 4.78 is 34.1. The van der Waals surface area contributed by atoms with Crippen molar-refractivity contribution in [1.82, 2.24) is 24.5 Å². The molecule has 1 aromatic heterocycles. The summed E-state index contributed by atoms with van der Waals surface area (Å²) in [5.41, 5.74) is 2.60. The van der Waals surface area contributed by atoms with Crippen LogP contribution in [0.2, 0.25) is 0 Å². The molecule has 0 bridgehead atoms. The highest BCUT2D eigenvalue weighted by atomic mass is 79.9. The maximum Gasteiger partial charge on any atom is 0.242 e. The van der Waals surface area contributed by atoms with Gasteiger partial charge in [0.2, 0.25) is 10.0 Å². The van der Waals surface area contributed by atoms with E-state index in [0.29, 0.717) is 40.9 Å². The van der Waals surface area contributed by atoms with Crippen molar-refractivity contribution in [2.45, 2.75) is 37.1 Å². The Hall–Kier alpha value is -2.77. The second-order valence-electron chi connectivity index (χ2n) is 10.8. The highest BCUT2D eigenvalue weighted by Gasteiger charge is 2.27. The number of hydrogen-bond donors (Lipinski definition) is 2. The van der Waals surface area contributed by atoms with Crippen LogP contribution in [0.1, 0.15) is 31.2 Å². The van der Waals surface area contributed by atoms with Crippen LogP contribution >= 0.6 is 15.9 Å². The predicted molar refractivity (Wildman–Crippen MR) is 170 cm³/mol. The third kappa shape index (κ3) is 7.23. The molecular weight excluding hydrogens is 618 g/mol. The van der Waals surface area contributed by atoms with Gasteiger partial charge in [0, 0.05) is 75.2 Å². The lowest BCUT2D eigenvalue weighted by Gasteiger charge is -2.42. The number of halogens is 1. The van der Waals surface area contributed by atoms with Gasteiger partial charge in [0.1, 0.15) is 22.3 Å². The Bertz CT molecular complexity index is 1470. The normalized spacial score (nSPS) is 17.4. The van der Waals surface area contributed by atoms with E-state index in [1.54, 1.807) is 30.5 Å². The third-order valence-corrected chi connectivity index (χ3v) is 10.1. The van der Waals surface area contributed by atoms with Crippen LogP contribution in [0.25, 0.3) is 0 Å². The number of para-hydroxylation sites is 1. The Morgan fingerprint density at radius 1 is 1.05 bits per heavy atom. The van der Waals surface area contributed by atoms with Crippen molar-refractivity contribution >= 4 is 43.1 Å². The van der Waals surface area contributed by atoms with Crippen LogP contribution in [0.4, 0.5) is 17.2 Å². The number of rotatable bonds is 10. The van der Waals surface area contributed by atoms with Gasteiger partial charge < -0.3 is 19.9 Å². The number of benzene rings is 2. The minimum absolute atomic E-state index is 0.140. The molecule has 10 nitrogen and oxygen atoms in total. The lowest BCUT2D eigenvalue weighted by Crippen LogP contribution is -2.52. The largest absolute Gasteiger partial charge is 0.494 e. The van der Waals surface area contributed by atoms with E-state index in [4.69, 9.17) is 9.72 Å². The average molecular weight is 659 g/mol. The first-order valence-electron chi connectivity index (χ1n) is 14.5. The van der Waals surface area contributed by atoms with E-state index in [-0.39, 0.29) is 4.90 Å². The summed E-state index contributed by atoms with van der Waals surface area (Å²) in [6, 6.07) is 13.8. The number of anilines is 3. The van der Waals surface area contributed by atoms with E-state index in [9.17, 15) is 8.42 Å². The molecular formula is C30H40BrN7O3S. The van der Waals surface area contributed by atoms with Crippen molar-refractivity contribution in [3.05, 3.63) is 64.5 Å². The molecule has 2 saturated heterocycles. The summed E-state index contributed by atoms with van der Waals surface area (Å²) in [7, 11) is -0.0545. The molecule has 12 heteroatoms. The Morgan fingerprint density at radius 3 is 2.50 bits per heavy atom. The molecule has 3 heterocycles. The SMILES string of the molecule is CCOc1cc(N2CCC(N3CCN(C)CC3)CC2)ccc1Cc1ncc(Br)c(Nc2ccccc2S(=O)(=O)NC)n1. The first kappa shape index (κ1) is 30.7. The Labute approximate surface area is 257 Å². The van der Waals surface area contributed by atoms with Gasteiger partial charge in [-0.2, -0.15) is 0 Å². The lowest BCUT2D eigenvalue weighted by atomic mass is 10.0. The highest BCUT2D eigenvalue weighted by molar-refractivity contribution is 9.10. The quantitative estimate of drug-likeness (QED) is 0.334. The van der Waals surface area contributed by atoms with Crippen molar-refractivity contribution in [3.63, 3.8) is 0 Å². The smallest absolute Gasteiger partial charge is 0.242 e. The lowest BCUT2D eigenvalue weighted by molar-refractivity contribution is 0.0982. The molecule has 3 aromatic rings. The molecule has 0 radical (unpaired) electrons. The van der Waals surface area contributed by atoms with Crippen LogP contribution < -0.4 is 19.7 Å². The minimum Gasteiger partial charge on any atom is -0.494 e. The molecule has 0 amide bonds. The van der Waals surface area contributed by atoms with E-state index < -0.39 is 10.0 Å². The van der Waals surface area contributed by atoms with Gasteiger partial charge in [-0.25, -0.2) is 23.1 Å². The molecule has 2 aromatic carbocycles. The summed E-state index contributed by atoms with van der Waals surface area (Å²) in [5, 5.41) is 3.17. The fourth-order valence-electron chi connectivity index (χ4n) is 5.64. The number of likely N-dealkylation sites (N-methyl/N-ethyl adjacent to an activating group) is 1. The van der Waals surface area contributed by atoms with E-state index >= 15 is 0 Å². The molecule has 5 rings (SSSR count). The molecule has 0 spiro atoms. The molecule has 2 aliphatic rings. The van der Waals surface area contributed by atoms with Gasteiger partial charge in [0.05, 0.1) is 16.8 Å². The van der Waals surface area contributed by atoms with Crippen molar-refractivity contribution in [2.75, 3.05) is 70.2 Å². The molecule has 0 unspecified atom stereocenters. The van der Waals surface area contributed by atoms with E-state index in [1.807, 2.05) is 6.92 Å². The third-order valence-electron chi connectivity index (χ3n) is 8.08. The predicted octanol–water partition coefficient (Wildman–Crippen LogP) is 4.10. The van der Waals surface area contributed by atoms with Gasteiger partial charge in [-0.1, -0.05) is 18.2 Å². The Kier molecular flexibility index (Phi) is 10.00. The summed E-state index contributed by atoms with van der Waals surface area (Å²) in [5.74, 6) is 1.91. The number of piperazine rings is 1. The maximum absolute atomic E-state index is 12.5. The second-order valence-corrected chi connectivity index (χ2v) is 13.5. The van der Waals surface area contributed by atoms with Gasteiger partial charge in [0.15, 0.2) is 0 Å². The number of sulfonamides is 1. The Balaban J connectivity index is 1.30. The summed E-state index contributed by atoms with van der Waals surface area (Å²) in [6.07, 6.45) is 4.51. The van der Waals surface area contributed by atoms with Gasteiger partial charge in [-0.05, 0) is 68.0 Å². The monoisotopic (exact) mass is 657 g/mol. The molecule has 2 fully saturated rings. The van der Waals surface area contributed by atoms with Gasteiger partial charge in [-0.15, -0.1) is 0 Å². The maximum atomic E-state index is 12.5. The van der Waals surface area contributed by atoms with Gasteiger partial charge in [0.25, 0.3) is 0 Å². The van der Waals surface area contributed by atoms with Crippen molar-refractivity contribution < 1.29 is 13.2 Å². The molecule has 0 saturated carbocycles. The van der Waals surface area contributed by atoms with Crippen LogP contribution in [0.5, 0.6) is 5.75 Å². The molecule has 2 N–H and O–H groups in total. The molecule has 226 valence electrons. The van der Waals surface area contributed by atoms with Crippen molar-refractivity contribution in [3.8, 4) is 5.75 Å². The van der Waals surface area contributed by atoms with E-state index in [1.165, 1.54) is 38.7 Å². The molecule has 0 aliphatic carbocycles. The number of hydrogen-bond acceptors (Lipinski definition) is 9. The van der Waals surface area contributed by atoms with Gasteiger partial charge >= 0.3 is 0 Å². The van der Waals surface area contributed by atoms with Crippen LogP contribution in [0.15, 0.2) is 58.0 Å². The van der Waals surface area contributed by atoms with Crippen LogP contribution in [-0.2, 0) is 16.4 Å². The standard InChI is InChI=1S/C30H40BrN7O3S/c1-4-41-27-20-24(37-13-11-23(12-14-37)38-17-15-36(3)16-18-38)10-9-22(27)19-29-33-21-25(31)30(35-29)34-26-7-5-6-8-28(26)42(39,40)32-2/h5-10,20-21,23,32H,4,11-19H2,1-3H3,(H,33,34,35). The first-order valence-corrected chi connectivity index (χ1v) is 16.8. The zero-order valence-corrected chi connectivity index (χ0v) is 26.9. The molecule has 42 heavy (non-hydrogen) atoms. The first-order chi connectivity index (χ1) is 20.3. The minimum atomic E-state index is -3.65. The van der Waals surface area contributed by atoms with Crippen LogP contribution in [-0.4, -0.2) is 94.2 Å². The molecule has 2 aliphatic heterocycles. The summed E-state index contributed by atoms with van der Waals surface area (Å²) >= 11 is 3.50. The number of piperidine rings is 1. The zero-order valence-electron chi connectivity index (χ0n) is 24.5.